The van der Waals surface area contributed by atoms with E-state index in [1.807, 2.05) is 61.5 Å². The van der Waals surface area contributed by atoms with Crippen LogP contribution in [0.2, 0.25) is 0 Å². The largest absolute Gasteiger partial charge is 0.306 e. The predicted molar refractivity (Wildman–Crippen MR) is 120 cm³/mol. The van der Waals surface area contributed by atoms with Crippen molar-refractivity contribution in [1.29, 1.82) is 0 Å². The van der Waals surface area contributed by atoms with Crippen molar-refractivity contribution in [2.75, 3.05) is 5.32 Å². The molecule has 5 rings (SSSR count). The second-order valence-electron chi connectivity index (χ2n) is 7.61. The maximum Gasteiger partial charge on any atom is 0.257 e. The van der Waals surface area contributed by atoms with Gasteiger partial charge < -0.3 is 5.32 Å². The first kappa shape index (κ1) is 18.8. The van der Waals surface area contributed by atoms with Gasteiger partial charge in [0.2, 0.25) is 0 Å². The fourth-order valence-electron chi connectivity index (χ4n) is 3.99. The molecule has 6 heteroatoms. The summed E-state index contributed by atoms with van der Waals surface area (Å²) in [5.74, 6) is 1.25. The molecule has 5 nitrogen and oxygen atoms in total. The molecule has 4 aromatic rings. The number of benzene rings is 3. The summed E-state index contributed by atoms with van der Waals surface area (Å²) in [5, 5.41) is 9.74. The Morgan fingerprint density at radius 3 is 2.63 bits per heavy atom. The van der Waals surface area contributed by atoms with Crippen LogP contribution in [0.3, 0.4) is 0 Å². The first-order chi connectivity index (χ1) is 14.5. The van der Waals surface area contributed by atoms with Gasteiger partial charge in [-0.2, -0.15) is 5.10 Å². The van der Waals surface area contributed by atoms with Crippen molar-refractivity contribution in [3.8, 4) is 5.69 Å². The number of hydrogen-bond donors (Lipinski definition) is 1. The van der Waals surface area contributed by atoms with Crippen LogP contribution in [-0.2, 0) is 22.3 Å². The van der Waals surface area contributed by atoms with Gasteiger partial charge >= 0.3 is 0 Å². The minimum Gasteiger partial charge on any atom is -0.306 e. The third-order valence-corrected chi connectivity index (χ3v) is 6.95. The lowest BCUT2D eigenvalue weighted by molar-refractivity contribution is 0.102. The van der Waals surface area contributed by atoms with E-state index in [9.17, 15) is 9.00 Å². The molecule has 1 N–H and O–H groups in total. The van der Waals surface area contributed by atoms with Crippen LogP contribution < -0.4 is 5.32 Å². The Morgan fingerprint density at radius 2 is 1.77 bits per heavy atom. The van der Waals surface area contributed by atoms with Crippen LogP contribution in [0.15, 0.2) is 60.7 Å². The van der Waals surface area contributed by atoms with E-state index < -0.39 is 10.8 Å². The zero-order chi connectivity index (χ0) is 20.8. The van der Waals surface area contributed by atoms with E-state index >= 15 is 0 Å². The maximum absolute atomic E-state index is 13.3. The van der Waals surface area contributed by atoms with Crippen molar-refractivity contribution in [3.05, 3.63) is 88.6 Å². The molecule has 0 bridgehead atoms. The molecule has 0 spiro atoms. The van der Waals surface area contributed by atoms with Crippen LogP contribution >= 0.6 is 0 Å². The Balaban J connectivity index is 1.63. The minimum absolute atomic E-state index is 0.196. The molecule has 1 aromatic heterocycles. The lowest BCUT2D eigenvalue weighted by atomic mass is 10.0. The zero-order valence-corrected chi connectivity index (χ0v) is 17.6. The molecule has 1 aliphatic rings. The van der Waals surface area contributed by atoms with Crippen molar-refractivity contribution in [2.45, 2.75) is 25.4 Å². The van der Waals surface area contributed by atoms with Crippen LogP contribution in [0.5, 0.6) is 0 Å². The fourth-order valence-corrected chi connectivity index (χ4v) is 5.26. The Hall–Kier alpha value is -3.25. The maximum atomic E-state index is 13.3. The quantitative estimate of drug-likeness (QED) is 0.529. The average molecular weight is 416 g/mol. The molecule has 3 aromatic carbocycles. The van der Waals surface area contributed by atoms with Crippen LogP contribution in [0, 0.1) is 13.8 Å². The van der Waals surface area contributed by atoms with Crippen molar-refractivity contribution < 1.29 is 9.00 Å². The molecule has 150 valence electrons. The molecular weight excluding hydrogens is 394 g/mol. The Morgan fingerprint density at radius 1 is 1.00 bits per heavy atom. The Bertz CT molecular complexity index is 1330. The third kappa shape index (κ3) is 3.04. The molecule has 30 heavy (non-hydrogen) atoms. The van der Waals surface area contributed by atoms with Gasteiger partial charge in [0, 0.05) is 21.9 Å². The van der Waals surface area contributed by atoms with Crippen molar-refractivity contribution in [1.82, 2.24) is 9.78 Å². The van der Waals surface area contributed by atoms with Gasteiger partial charge in [-0.3, -0.25) is 9.00 Å². The van der Waals surface area contributed by atoms with E-state index in [1.165, 1.54) is 0 Å². The second-order valence-corrected chi connectivity index (χ2v) is 9.07. The van der Waals surface area contributed by atoms with Gasteiger partial charge in [0.25, 0.3) is 5.91 Å². The highest BCUT2D eigenvalue weighted by Gasteiger charge is 2.29. The average Bonchev–Trinajstić information content (AvgIpc) is 3.26. The van der Waals surface area contributed by atoms with Gasteiger partial charge in [-0.1, -0.05) is 48.5 Å². The van der Waals surface area contributed by atoms with Crippen LogP contribution in [0.25, 0.3) is 16.5 Å². The zero-order valence-electron chi connectivity index (χ0n) is 16.8. The number of nitrogens with one attached hydrogen (secondary N) is 1. The number of fused-ring (bicyclic) bond motifs is 2. The van der Waals surface area contributed by atoms with E-state index in [0.717, 1.165) is 38.8 Å². The molecule has 1 aliphatic heterocycles. The fraction of sp³-hybridized carbons (Fsp3) is 0.167. The van der Waals surface area contributed by atoms with Gasteiger partial charge in [0.05, 0.1) is 22.9 Å². The number of anilines is 1. The van der Waals surface area contributed by atoms with Crippen LogP contribution in [0.1, 0.15) is 32.7 Å². The monoisotopic (exact) mass is 415 g/mol. The van der Waals surface area contributed by atoms with E-state index in [4.69, 9.17) is 5.10 Å². The number of amides is 1. The van der Waals surface area contributed by atoms with E-state index in [1.54, 1.807) is 4.68 Å². The molecule has 1 unspecified atom stereocenters. The molecule has 1 amide bonds. The highest BCUT2D eigenvalue weighted by molar-refractivity contribution is 7.83. The molecule has 2 heterocycles. The summed E-state index contributed by atoms with van der Waals surface area (Å²) in [5.41, 5.74) is 5.43. The molecule has 0 fully saturated rings. The molecular formula is C24H21N3O2S. The first-order valence-electron chi connectivity index (χ1n) is 9.84. The number of aryl methyl sites for hydroxylation is 1. The second kappa shape index (κ2) is 7.22. The summed E-state index contributed by atoms with van der Waals surface area (Å²) >= 11 is 0. The summed E-state index contributed by atoms with van der Waals surface area (Å²) in [7, 11) is -0.982. The van der Waals surface area contributed by atoms with Crippen molar-refractivity contribution in [3.63, 3.8) is 0 Å². The third-order valence-electron chi connectivity index (χ3n) is 5.74. The highest BCUT2D eigenvalue weighted by atomic mass is 32.2. The molecule has 0 saturated heterocycles. The summed E-state index contributed by atoms with van der Waals surface area (Å²) in [6, 6.07) is 19.6. The Labute approximate surface area is 177 Å². The minimum atomic E-state index is -0.982. The number of rotatable bonds is 3. The highest BCUT2D eigenvalue weighted by Crippen LogP contribution is 2.33. The first-order valence-corrected chi connectivity index (χ1v) is 11.3. The number of carbonyl (C=O) groups excluding carboxylic acids is 1. The van der Waals surface area contributed by atoms with Gasteiger partial charge in [-0.25, -0.2) is 4.68 Å². The predicted octanol–water partition coefficient (Wildman–Crippen LogP) is 4.66. The van der Waals surface area contributed by atoms with Gasteiger partial charge in [0.15, 0.2) is 0 Å². The van der Waals surface area contributed by atoms with E-state index in [-0.39, 0.29) is 5.91 Å². The number of nitrogens with zero attached hydrogens (tertiary/aromatic N) is 2. The van der Waals surface area contributed by atoms with Crippen molar-refractivity contribution in [2.24, 2.45) is 0 Å². The van der Waals surface area contributed by atoms with Crippen molar-refractivity contribution >= 4 is 33.3 Å². The van der Waals surface area contributed by atoms with Crippen LogP contribution in [-0.4, -0.2) is 19.9 Å². The SMILES string of the molecule is Cc1cccc(-n2nc3c(c2NC(=O)c2cccc4ccccc24)CS(=O)C3)c1C. The van der Waals surface area contributed by atoms with Gasteiger partial charge in [-0.05, 0) is 47.9 Å². The van der Waals surface area contributed by atoms with Gasteiger partial charge in [-0.15, -0.1) is 0 Å². The summed E-state index contributed by atoms with van der Waals surface area (Å²) in [4.78, 5) is 13.3. The summed E-state index contributed by atoms with van der Waals surface area (Å²) < 4.78 is 14.0. The topological polar surface area (TPSA) is 64.0 Å². The van der Waals surface area contributed by atoms with E-state index in [0.29, 0.717) is 22.9 Å². The standard InChI is InChI=1S/C24H21N3O2S/c1-15-7-5-12-22(16(15)2)27-23(20-13-30(29)14-21(20)26-27)25-24(28)19-11-6-9-17-8-3-4-10-18(17)19/h3-12H,13-14H2,1-2H3,(H,25,28). The molecule has 0 radical (unpaired) electrons. The number of aromatic nitrogens is 2. The smallest absolute Gasteiger partial charge is 0.257 e. The normalized spacial score (nSPS) is 15.3. The number of carbonyl (C=O) groups is 1. The molecule has 0 saturated carbocycles. The lowest BCUT2D eigenvalue weighted by Crippen LogP contribution is -2.17. The molecule has 0 aliphatic carbocycles. The molecule has 1 atom stereocenters. The summed E-state index contributed by atoms with van der Waals surface area (Å²) in [6.07, 6.45) is 0. The Kier molecular flexibility index (Phi) is 4.51. The number of hydrogen-bond acceptors (Lipinski definition) is 3. The van der Waals surface area contributed by atoms with E-state index in [2.05, 4.69) is 18.3 Å². The van der Waals surface area contributed by atoms with Gasteiger partial charge in [0.1, 0.15) is 5.82 Å². The lowest BCUT2D eigenvalue weighted by Gasteiger charge is -2.15. The van der Waals surface area contributed by atoms with Crippen LogP contribution in [0.4, 0.5) is 5.82 Å². The summed E-state index contributed by atoms with van der Waals surface area (Å²) in [6.45, 7) is 4.10.